The number of benzene rings is 1. The summed E-state index contributed by atoms with van der Waals surface area (Å²) in [5.74, 6) is 0.775. The fourth-order valence-corrected chi connectivity index (χ4v) is 5.18. The van der Waals surface area contributed by atoms with E-state index in [-0.39, 0.29) is 19.3 Å². The quantitative estimate of drug-likeness (QED) is 0.625. The van der Waals surface area contributed by atoms with Gasteiger partial charge in [0.25, 0.3) is 0 Å². The summed E-state index contributed by atoms with van der Waals surface area (Å²) in [5.41, 5.74) is 2.07. The highest BCUT2D eigenvalue weighted by atomic mass is 16.5. The van der Waals surface area contributed by atoms with E-state index >= 15 is 0 Å². The first-order chi connectivity index (χ1) is 14.9. The van der Waals surface area contributed by atoms with Crippen molar-refractivity contribution < 1.29 is 14.9 Å². The lowest BCUT2D eigenvalue weighted by Crippen LogP contribution is -2.58. The zero-order valence-corrected chi connectivity index (χ0v) is 20.0. The number of likely N-dealkylation sites (tertiary alicyclic amines) is 1. The Hall–Kier alpha value is -1.18. The maximum atomic E-state index is 9.77. The molecule has 2 heterocycles. The van der Waals surface area contributed by atoms with Crippen molar-refractivity contribution >= 4 is 0 Å². The highest BCUT2D eigenvalue weighted by Gasteiger charge is 2.33. The van der Waals surface area contributed by atoms with Crippen LogP contribution in [-0.2, 0) is 13.2 Å². The SMILES string of the molecule is CC(C)Oc1ccc(CN2CCN(C3CCN(C(C)C)CC3)C(CCO)C2)cc1CO. The normalized spacial score (nSPS) is 22.5. The molecule has 6 nitrogen and oxygen atoms in total. The first-order valence-electron chi connectivity index (χ1n) is 12.1. The number of nitrogens with zero attached hydrogens (tertiary/aromatic N) is 3. The van der Waals surface area contributed by atoms with Crippen molar-refractivity contribution in [1.82, 2.24) is 14.7 Å². The van der Waals surface area contributed by atoms with Crippen LogP contribution in [0.15, 0.2) is 18.2 Å². The Morgan fingerprint density at radius 2 is 1.77 bits per heavy atom. The maximum Gasteiger partial charge on any atom is 0.125 e. The van der Waals surface area contributed by atoms with Crippen molar-refractivity contribution in [3.05, 3.63) is 29.3 Å². The minimum atomic E-state index is -0.00805. The lowest BCUT2D eigenvalue weighted by Gasteiger charge is -2.48. The zero-order valence-electron chi connectivity index (χ0n) is 20.0. The van der Waals surface area contributed by atoms with Crippen molar-refractivity contribution in [1.29, 1.82) is 0 Å². The van der Waals surface area contributed by atoms with Gasteiger partial charge >= 0.3 is 0 Å². The van der Waals surface area contributed by atoms with Crippen LogP contribution in [0, 0.1) is 0 Å². The number of hydrogen-bond donors (Lipinski definition) is 2. The second kappa shape index (κ2) is 11.6. The van der Waals surface area contributed by atoms with Crippen LogP contribution >= 0.6 is 0 Å². The van der Waals surface area contributed by atoms with Gasteiger partial charge in [0.15, 0.2) is 0 Å². The number of aliphatic hydroxyl groups is 2. The second-order valence-corrected chi connectivity index (χ2v) is 9.77. The van der Waals surface area contributed by atoms with Gasteiger partial charge in [0, 0.05) is 56.5 Å². The number of hydrogen-bond acceptors (Lipinski definition) is 6. The van der Waals surface area contributed by atoms with Crippen LogP contribution in [0.25, 0.3) is 0 Å². The van der Waals surface area contributed by atoms with E-state index < -0.39 is 0 Å². The first-order valence-corrected chi connectivity index (χ1v) is 12.1. The van der Waals surface area contributed by atoms with Gasteiger partial charge in [0.05, 0.1) is 12.7 Å². The molecule has 1 unspecified atom stereocenters. The smallest absolute Gasteiger partial charge is 0.125 e. The fourth-order valence-electron chi connectivity index (χ4n) is 5.18. The highest BCUT2D eigenvalue weighted by molar-refractivity contribution is 5.37. The highest BCUT2D eigenvalue weighted by Crippen LogP contribution is 2.26. The number of rotatable bonds is 9. The minimum Gasteiger partial charge on any atom is -0.491 e. The van der Waals surface area contributed by atoms with Crippen LogP contribution in [0.5, 0.6) is 5.75 Å². The van der Waals surface area contributed by atoms with Crippen molar-refractivity contribution in [2.75, 3.05) is 39.3 Å². The van der Waals surface area contributed by atoms with Crippen molar-refractivity contribution in [3.63, 3.8) is 0 Å². The summed E-state index contributed by atoms with van der Waals surface area (Å²) in [4.78, 5) is 7.77. The van der Waals surface area contributed by atoms with Crippen LogP contribution in [0.2, 0.25) is 0 Å². The lowest BCUT2D eigenvalue weighted by molar-refractivity contribution is -0.0000480. The summed E-state index contributed by atoms with van der Waals surface area (Å²) in [5, 5.41) is 19.5. The van der Waals surface area contributed by atoms with E-state index in [9.17, 15) is 10.2 Å². The summed E-state index contributed by atoms with van der Waals surface area (Å²) >= 11 is 0. The molecule has 0 aliphatic carbocycles. The molecule has 31 heavy (non-hydrogen) atoms. The van der Waals surface area contributed by atoms with E-state index in [2.05, 4.69) is 40.7 Å². The van der Waals surface area contributed by atoms with Crippen molar-refractivity contribution in [3.8, 4) is 5.75 Å². The standard InChI is InChI=1S/C25H43N3O3/c1-19(2)27-10-7-23(8-11-27)28-13-12-26(17-24(28)9-14-29)16-21-5-6-25(31-20(3)4)22(15-21)18-30/h5-6,15,19-20,23-24,29-30H,7-14,16-18H2,1-4H3. The molecule has 2 saturated heterocycles. The molecule has 176 valence electrons. The molecule has 1 aromatic rings. The van der Waals surface area contributed by atoms with Gasteiger partial charge in [-0.2, -0.15) is 0 Å². The second-order valence-electron chi connectivity index (χ2n) is 9.77. The summed E-state index contributed by atoms with van der Waals surface area (Å²) < 4.78 is 5.82. The third kappa shape index (κ3) is 6.65. The Morgan fingerprint density at radius 1 is 1.03 bits per heavy atom. The molecule has 1 atom stereocenters. The molecule has 2 fully saturated rings. The van der Waals surface area contributed by atoms with Crippen LogP contribution in [-0.4, -0.2) is 88.5 Å². The maximum absolute atomic E-state index is 9.77. The number of ether oxygens (including phenoxy) is 1. The topological polar surface area (TPSA) is 59.4 Å². The first kappa shape index (κ1) is 24.5. The van der Waals surface area contributed by atoms with Gasteiger partial charge in [0.2, 0.25) is 0 Å². The lowest BCUT2D eigenvalue weighted by atomic mass is 9.97. The Kier molecular flexibility index (Phi) is 9.17. The molecule has 0 aromatic heterocycles. The summed E-state index contributed by atoms with van der Waals surface area (Å²) in [6.07, 6.45) is 3.40. The number of aliphatic hydroxyl groups excluding tert-OH is 2. The van der Waals surface area contributed by atoms with Crippen LogP contribution < -0.4 is 4.74 Å². The average Bonchev–Trinajstić information content (AvgIpc) is 2.75. The number of piperidine rings is 1. The molecule has 0 bridgehead atoms. The molecule has 0 spiro atoms. The van der Waals surface area contributed by atoms with E-state index in [1.54, 1.807) is 0 Å². The predicted octanol–water partition coefficient (Wildman–Crippen LogP) is 2.71. The Bertz CT molecular complexity index is 674. The van der Waals surface area contributed by atoms with Gasteiger partial charge in [-0.3, -0.25) is 9.80 Å². The van der Waals surface area contributed by atoms with Gasteiger partial charge in [-0.25, -0.2) is 0 Å². The zero-order chi connectivity index (χ0) is 22.4. The van der Waals surface area contributed by atoms with E-state index in [1.807, 2.05) is 19.9 Å². The Labute approximate surface area is 188 Å². The minimum absolute atomic E-state index is 0.00805. The third-order valence-corrected chi connectivity index (χ3v) is 6.84. The summed E-state index contributed by atoms with van der Waals surface area (Å²) in [6, 6.07) is 7.87. The molecule has 6 heteroatoms. The monoisotopic (exact) mass is 433 g/mol. The van der Waals surface area contributed by atoms with Crippen LogP contribution in [0.1, 0.15) is 58.1 Å². The molecule has 0 saturated carbocycles. The molecule has 2 N–H and O–H groups in total. The molecular weight excluding hydrogens is 390 g/mol. The van der Waals surface area contributed by atoms with Crippen LogP contribution in [0.3, 0.4) is 0 Å². The third-order valence-electron chi connectivity index (χ3n) is 6.84. The van der Waals surface area contributed by atoms with Gasteiger partial charge in [-0.05, 0) is 77.7 Å². The number of piperazine rings is 1. The van der Waals surface area contributed by atoms with E-state index in [0.29, 0.717) is 18.1 Å². The Morgan fingerprint density at radius 3 is 2.39 bits per heavy atom. The molecule has 0 amide bonds. The fraction of sp³-hybridized carbons (Fsp3) is 0.760. The van der Waals surface area contributed by atoms with Crippen molar-refractivity contribution in [2.24, 2.45) is 0 Å². The molecule has 2 aliphatic rings. The molecule has 1 aromatic carbocycles. The molecule has 2 aliphatic heterocycles. The predicted molar refractivity (Wildman–Crippen MR) is 125 cm³/mol. The van der Waals surface area contributed by atoms with E-state index in [4.69, 9.17) is 4.74 Å². The van der Waals surface area contributed by atoms with Gasteiger partial charge in [-0.15, -0.1) is 0 Å². The Balaban J connectivity index is 1.60. The summed E-state index contributed by atoms with van der Waals surface area (Å²) in [7, 11) is 0. The van der Waals surface area contributed by atoms with Gasteiger partial charge < -0.3 is 19.8 Å². The van der Waals surface area contributed by atoms with Gasteiger partial charge in [0.1, 0.15) is 5.75 Å². The van der Waals surface area contributed by atoms with Gasteiger partial charge in [-0.1, -0.05) is 6.07 Å². The molecular formula is C25H43N3O3. The van der Waals surface area contributed by atoms with Crippen molar-refractivity contribution in [2.45, 2.75) is 84.3 Å². The summed E-state index contributed by atoms with van der Waals surface area (Å²) in [6.45, 7) is 15.2. The largest absolute Gasteiger partial charge is 0.491 e. The van der Waals surface area contributed by atoms with Crippen LogP contribution in [0.4, 0.5) is 0 Å². The van der Waals surface area contributed by atoms with E-state index in [1.165, 1.54) is 31.5 Å². The molecule has 0 radical (unpaired) electrons. The average molecular weight is 434 g/mol. The molecule has 3 rings (SSSR count). The van der Waals surface area contributed by atoms with E-state index in [0.717, 1.165) is 43.9 Å².